The first-order valence-electron chi connectivity index (χ1n) is 10.6. The van der Waals surface area contributed by atoms with E-state index in [0.29, 0.717) is 33.6 Å². The van der Waals surface area contributed by atoms with Gasteiger partial charge in [-0.05, 0) is 29.2 Å². The summed E-state index contributed by atoms with van der Waals surface area (Å²) in [4.78, 5) is 14.3. The minimum absolute atomic E-state index is 0.0901. The number of carbonyl (C=O) groups excluding carboxylic acids is 1. The molecule has 0 N–H and O–H groups in total. The van der Waals surface area contributed by atoms with Gasteiger partial charge in [0.15, 0.2) is 11.4 Å². The standard InChI is InChI=1S/C28H15N3O2S/c1-31-22-12-18(33-24(22)13-23(31)26-10-16-6-2-5-9-25(16)34-26)11-21-27(17(14-29)15-30)19-7-3-4-8-20(19)28(21)32/h2-13H,1H3/b21-11-. The fraction of sp³-hybridized carbons (Fsp3) is 0.0357. The average Bonchev–Trinajstić information content (AvgIpc) is 3.59. The van der Waals surface area contributed by atoms with Crippen LogP contribution in [0.1, 0.15) is 21.7 Å². The Hall–Kier alpha value is -4.65. The maximum atomic E-state index is 13.1. The summed E-state index contributed by atoms with van der Waals surface area (Å²) < 4.78 is 9.40. The number of allylic oxidation sites excluding steroid dienone is 3. The SMILES string of the molecule is Cn1c(-c2cc3ccccc3s2)cc2oc(/C=C3\C(=O)c4ccccc4C3=C(C#N)C#N)cc21. The molecule has 5 nitrogen and oxygen atoms in total. The molecule has 0 amide bonds. The van der Waals surface area contributed by atoms with Crippen LogP contribution in [0.4, 0.5) is 0 Å². The van der Waals surface area contributed by atoms with Crippen molar-refractivity contribution in [2.75, 3.05) is 0 Å². The molecule has 5 aromatic rings. The number of ketones is 1. The summed E-state index contributed by atoms with van der Waals surface area (Å²) >= 11 is 1.73. The van der Waals surface area contributed by atoms with Crippen LogP contribution in [0.25, 0.3) is 43.4 Å². The van der Waals surface area contributed by atoms with E-state index in [0.717, 1.165) is 16.1 Å². The maximum Gasteiger partial charge on any atom is 0.194 e. The number of aryl methyl sites for hydroxylation is 1. The number of nitrogens with zero attached hydrogens (tertiary/aromatic N) is 3. The summed E-state index contributed by atoms with van der Waals surface area (Å²) in [7, 11) is 1.99. The lowest BCUT2D eigenvalue weighted by Gasteiger charge is -2.01. The number of carbonyl (C=O) groups is 1. The van der Waals surface area contributed by atoms with Crippen molar-refractivity contribution >= 4 is 50.0 Å². The highest BCUT2D eigenvalue weighted by molar-refractivity contribution is 7.22. The van der Waals surface area contributed by atoms with Gasteiger partial charge in [0, 0.05) is 40.6 Å². The van der Waals surface area contributed by atoms with Crippen LogP contribution in [0.3, 0.4) is 0 Å². The summed E-state index contributed by atoms with van der Waals surface area (Å²) in [6.07, 6.45) is 1.63. The molecule has 2 aromatic carbocycles. The minimum Gasteiger partial charge on any atom is -0.455 e. The number of hydrogen-bond acceptors (Lipinski definition) is 5. The molecule has 0 radical (unpaired) electrons. The van der Waals surface area contributed by atoms with E-state index in [-0.39, 0.29) is 11.4 Å². The molecule has 0 spiro atoms. The Balaban J connectivity index is 1.47. The zero-order valence-electron chi connectivity index (χ0n) is 18.0. The van der Waals surface area contributed by atoms with Crippen LogP contribution in [0.5, 0.6) is 0 Å². The first-order chi connectivity index (χ1) is 16.6. The van der Waals surface area contributed by atoms with Gasteiger partial charge in [-0.1, -0.05) is 42.5 Å². The van der Waals surface area contributed by atoms with Crippen LogP contribution in [0.2, 0.25) is 0 Å². The Morgan fingerprint density at radius 2 is 1.74 bits per heavy atom. The third kappa shape index (κ3) is 2.87. The summed E-state index contributed by atoms with van der Waals surface area (Å²) in [5, 5.41) is 20.2. The number of rotatable bonds is 2. The second-order valence-corrected chi connectivity index (χ2v) is 9.13. The minimum atomic E-state index is -0.222. The Bertz CT molecular complexity index is 1760. The number of fused-ring (bicyclic) bond motifs is 3. The Labute approximate surface area is 198 Å². The van der Waals surface area contributed by atoms with E-state index in [1.54, 1.807) is 41.7 Å². The Morgan fingerprint density at radius 3 is 2.47 bits per heavy atom. The number of aromatic nitrogens is 1. The summed E-state index contributed by atoms with van der Waals surface area (Å²) in [6.45, 7) is 0. The summed E-state index contributed by atoms with van der Waals surface area (Å²) in [5.41, 5.74) is 4.29. The lowest BCUT2D eigenvalue weighted by atomic mass is 9.99. The molecule has 0 fully saturated rings. The smallest absolute Gasteiger partial charge is 0.194 e. The van der Waals surface area contributed by atoms with Crippen molar-refractivity contribution in [2.45, 2.75) is 0 Å². The number of Topliss-reactive ketones (excluding diaryl/α,β-unsaturated/α-hetero) is 1. The quantitative estimate of drug-likeness (QED) is 0.217. The van der Waals surface area contributed by atoms with Crippen molar-refractivity contribution in [3.63, 3.8) is 0 Å². The van der Waals surface area contributed by atoms with E-state index in [9.17, 15) is 15.3 Å². The fourth-order valence-electron chi connectivity index (χ4n) is 4.54. The van der Waals surface area contributed by atoms with Crippen molar-refractivity contribution in [2.24, 2.45) is 7.05 Å². The van der Waals surface area contributed by atoms with Crippen LogP contribution >= 0.6 is 11.3 Å². The molecule has 1 aliphatic carbocycles. The predicted octanol–water partition coefficient (Wildman–Crippen LogP) is 6.73. The van der Waals surface area contributed by atoms with E-state index >= 15 is 0 Å². The molecule has 34 heavy (non-hydrogen) atoms. The Kier molecular flexibility index (Phi) is 4.38. The average molecular weight is 458 g/mol. The molecule has 0 atom stereocenters. The van der Waals surface area contributed by atoms with Gasteiger partial charge in [-0.25, -0.2) is 0 Å². The molecule has 1 aliphatic rings. The molecule has 0 unspecified atom stereocenters. The van der Waals surface area contributed by atoms with Gasteiger partial charge in [0.1, 0.15) is 23.5 Å². The van der Waals surface area contributed by atoms with Crippen molar-refractivity contribution in [1.82, 2.24) is 4.57 Å². The van der Waals surface area contributed by atoms with Gasteiger partial charge in [0.05, 0.1) is 16.1 Å². The van der Waals surface area contributed by atoms with E-state index in [1.807, 2.05) is 43.5 Å². The fourth-order valence-corrected chi connectivity index (χ4v) is 5.65. The van der Waals surface area contributed by atoms with Gasteiger partial charge in [0.2, 0.25) is 0 Å². The number of hydrogen-bond donors (Lipinski definition) is 0. The molecule has 0 saturated heterocycles. The molecular weight excluding hydrogens is 442 g/mol. The van der Waals surface area contributed by atoms with E-state index in [2.05, 4.69) is 22.8 Å². The monoisotopic (exact) mass is 457 g/mol. The molecule has 6 heteroatoms. The van der Waals surface area contributed by atoms with Gasteiger partial charge in [-0.2, -0.15) is 10.5 Å². The highest BCUT2D eigenvalue weighted by Gasteiger charge is 2.32. The molecule has 0 bridgehead atoms. The van der Waals surface area contributed by atoms with Gasteiger partial charge in [0.25, 0.3) is 0 Å². The van der Waals surface area contributed by atoms with Gasteiger partial charge in [-0.15, -0.1) is 11.3 Å². The Morgan fingerprint density at radius 1 is 1.00 bits per heavy atom. The van der Waals surface area contributed by atoms with Crippen LogP contribution in [0.15, 0.2) is 82.3 Å². The number of nitriles is 2. The lowest BCUT2D eigenvalue weighted by Crippen LogP contribution is -1.95. The number of thiophene rings is 1. The lowest BCUT2D eigenvalue weighted by molar-refractivity contribution is 0.104. The van der Waals surface area contributed by atoms with Gasteiger partial charge in [-0.3, -0.25) is 4.79 Å². The van der Waals surface area contributed by atoms with Crippen molar-refractivity contribution in [3.05, 3.63) is 94.8 Å². The molecule has 0 aliphatic heterocycles. The molecular formula is C28H15N3O2S. The normalized spacial score (nSPS) is 14.0. The highest BCUT2D eigenvalue weighted by atomic mass is 32.1. The zero-order valence-corrected chi connectivity index (χ0v) is 18.8. The van der Waals surface area contributed by atoms with E-state index in [1.165, 1.54) is 10.1 Å². The second kappa shape index (κ2) is 7.45. The number of furan rings is 1. The maximum absolute atomic E-state index is 13.1. The first kappa shape index (κ1) is 20.0. The largest absolute Gasteiger partial charge is 0.455 e. The van der Waals surface area contributed by atoms with Gasteiger partial charge >= 0.3 is 0 Å². The number of benzene rings is 2. The highest BCUT2D eigenvalue weighted by Crippen LogP contribution is 2.41. The van der Waals surface area contributed by atoms with Gasteiger partial charge < -0.3 is 8.98 Å². The second-order valence-electron chi connectivity index (χ2n) is 8.04. The molecule has 3 aromatic heterocycles. The van der Waals surface area contributed by atoms with Crippen molar-refractivity contribution in [3.8, 4) is 22.7 Å². The molecule has 0 saturated carbocycles. The summed E-state index contributed by atoms with van der Waals surface area (Å²) in [6, 6.07) is 25.2. The zero-order chi connectivity index (χ0) is 23.4. The molecule has 6 rings (SSSR count). The predicted molar refractivity (Wildman–Crippen MR) is 133 cm³/mol. The van der Waals surface area contributed by atoms with Crippen molar-refractivity contribution in [1.29, 1.82) is 10.5 Å². The summed E-state index contributed by atoms with van der Waals surface area (Å²) in [5.74, 6) is 0.271. The van der Waals surface area contributed by atoms with E-state index < -0.39 is 0 Å². The third-order valence-electron chi connectivity index (χ3n) is 6.14. The van der Waals surface area contributed by atoms with Crippen molar-refractivity contribution < 1.29 is 9.21 Å². The molecule has 160 valence electrons. The van der Waals surface area contributed by atoms with Crippen LogP contribution in [-0.2, 0) is 7.05 Å². The van der Waals surface area contributed by atoms with Crippen LogP contribution < -0.4 is 0 Å². The van der Waals surface area contributed by atoms with Crippen LogP contribution in [0, 0.1) is 22.7 Å². The van der Waals surface area contributed by atoms with Crippen LogP contribution in [-0.4, -0.2) is 10.4 Å². The molecule has 3 heterocycles. The topological polar surface area (TPSA) is 82.7 Å². The first-order valence-corrected chi connectivity index (χ1v) is 11.4. The third-order valence-corrected chi connectivity index (χ3v) is 7.28. The van der Waals surface area contributed by atoms with E-state index in [4.69, 9.17) is 4.42 Å².